The van der Waals surface area contributed by atoms with E-state index in [9.17, 15) is 0 Å². The van der Waals surface area contributed by atoms with E-state index < -0.39 is 5.79 Å². The molecule has 2 fully saturated rings. The number of fused-ring (bicyclic) bond motifs is 3. The smallest absolute Gasteiger partial charge is 0.179 e. The maximum Gasteiger partial charge on any atom is 0.179 e. The van der Waals surface area contributed by atoms with Gasteiger partial charge < -0.3 is 14.2 Å². The van der Waals surface area contributed by atoms with Gasteiger partial charge in [0.2, 0.25) is 0 Å². The topological polar surface area (TPSA) is 58.4 Å². The summed E-state index contributed by atoms with van der Waals surface area (Å²) in [5.41, 5.74) is 2.24. The molecule has 162 valence electrons. The molecule has 7 heteroatoms. The third kappa shape index (κ3) is 3.48. The largest absolute Gasteiger partial charge is 0.378 e. The van der Waals surface area contributed by atoms with Gasteiger partial charge in [-0.2, -0.15) is 0 Å². The van der Waals surface area contributed by atoms with Crippen molar-refractivity contribution in [2.45, 2.75) is 75.6 Å². The number of methoxy groups -OCH3 is 1. The molecule has 5 rings (SSSR count). The highest BCUT2D eigenvalue weighted by atomic mass is 35.5. The minimum Gasteiger partial charge on any atom is -0.378 e. The Balaban J connectivity index is 1.51. The zero-order valence-electron chi connectivity index (χ0n) is 17.8. The Hall–Kier alpha value is -1.47. The van der Waals surface area contributed by atoms with Gasteiger partial charge in [-0.05, 0) is 55.9 Å². The second kappa shape index (κ2) is 7.90. The van der Waals surface area contributed by atoms with E-state index >= 15 is 0 Å². The van der Waals surface area contributed by atoms with Gasteiger partial charge in [-0.3, -0.25) is 4.57 Å². The molecule has 6 nitrogen and oxygen atoms in total. The highest BCUT2D eigenvalue weighted by Crippen LogP contribution is 2.43. The van der Waals surface area contributed by atoms with E-state index in [0.29, 0.717) is 32.0 Å². The van der Waals surface area contributed by atoms with Gasteiger partial charge >= 0.3 is 0 Å². The van der Waals surface area contributed by atoms with Crippen LogP contribution in [0.15, 0.2) is 18.2 Å². The Morgan fingerprint density at radius 2 is 1.93 bits per heavy atom. The van der Waals surface area contributed by atoms with Gasteiger partial charge in [-0.15, -0.1) is 10.2 Å². The zero-order valence-corrected chi connectivity index (χ0v) is 18.6. The van der Waals surface area contributed by atoms with Crippen molar-refractivity contribution in [1.82, 2.24) is 14.8 Å². The van der Waals surface area contributed by atoms with Crippen molar-refractivity contribution in [1.29, 1.82) is 0 Å². The molecule has 3 aliphatic rings. The third-order valence-electron chi connectivity index (χ3n) is 7.14. The summed E-state index contributed by atoms with van der Waals surface area (Å²) in [7, 11) is 1.86. The second-order valence-electron chi connectivity index (χ2n) is 8.96. The maximum atomic E-state index is 6.36. The lowest BCUT2D eigenvalue weighted by Crippen LogP contribution is -2.36. The molecule has 2 aliphatic heterocycles. The molecule has 1 spiro atoms. The minimum absolute atomic E-state index is 0.0217. The summed E-state index contributed by atoms with van der Waals surface area (Å²) >= 11 is 6.36. The molecular weight excluding hydrogens is 402 g/mol. The number of hydrogen-bond acceptors (Lipinski definition) is 5. The van der Waals surface area contributed by atoms with E-state index in [2.05, 4.69) is 27.8 Å². The van der Waals surface area contributed by atoms with Crippen molar-refractivity contribution in [3.8, 4) is 5.69 Å². The third-order valence-corrected chi connectivity index (χ3v) is 7.37. The maximum absolute atomic E-state index is 6.36. The van der Waals surface area contributed by atoms with Gasteiger partial charge in [-0.1, -0.05) is 24.9 Å². The van der Waals surface area contributed by atoms with Gasteiger partial charge in [-0.25, -0.2) is 0 Å². The number of rotatable bonds is 4. The van der Waals surface area contributed by atoms with Crippen molar-refractivity contribution < 1.29 is 14.2 Å². The molecule has 0 radical (unpaired) electrons. The van der Waals surface area contributed by atoms with Crippen LogP contribution in [0.2, 0.25) is 5.02 Å². The molecule has 30 heavy (non-hydrogen) atoms. The summed E-state index contributed by atoms with van der Waals surface area (Å²) in [6.07, 6.45) is 7.78. The molecule has 0 N–H and O–H groups in total. The molecule has 0 unspecified atom stereocenters. The molecule has 1 aliphatic carbocycles. The minimum atomic E-state index is -0.670. The van der Waals surface area contributed by atoms with E-state index in [-0.39, 0.29) is 5.60 Å². The van der Waals surface area contributed by atoms with Gasteiger partial charge in [0.15, 0.2) is 5.79 Å². The summed E-state index contributed by atoms with van der Waals surface area (Å²) in [6, 6.07) is 6.06. The Morgan fingerprint density at radius 3 is 2.63 bits per heavy atom. The van der Waals surface area contributed by atoms with Crippen LogP contribution in [0.1, 0.15) is 68.6 Å². The number of benzene rings is 1. The lowest BCUT2D eigenvalue weighted by molar-refractivity contribution is -0.155. The van der Waals surface area contributed by atoms with Crippen molar-refractivity contribution in [3.63, 3.8) is 0 Å². The SMILES string of the molecule is CCCC1(OC)CCC(c2nnc3n2-c2ccc(Cl)cc2CC2(C3)OCCO2)CC1. The molecule has 1 aromatic carbocycles. The van der Waals surface area contributed by atoms with E-state index in [0.717, 1.165) is 66.4 Å². The van der Waals surface area contributed by atoms with E-state index in [1.54, 1.807) is 0 Å². The van der Waals surface area contributed by atoms with Crippen molar-refractivity contribution >= 4 is 11.6 Å². The Kier molecular flexibility index (Phi) is 5.38. The van der Waals surface area contributed by atoms with E-state index in [1.165, 1.54) is 0 Å². The van der Waals surface area contributed by atoms with Crippen LogP contribution in [0, 0.1) is 0 Å². The number of ether oxygens (including phenoxy) is 3. The average Bonchev–Trinajstić information content (AvgIpc) is 3.33. The fourth-order valence-electron chi connectivity index (χ4n) is 5.59. The van der Waals surface area contributed by atoms with Gasteiger partial charge in [0.1, 0.15) is 11.6 Å². The van der Waals surface area contributed by atoms with E-state index in [1.807, 2.05) is 19.2 Å². The lowest BCUT2D eigenvalue weighted by atomic mass is 9.76. The quantitative estimate of drug-likeness (QED) is 0.707. The Morgan fingerprint density at radius 1 is 1.17 bits per heavy atom. The molecule has 1 saturated carbocycles. The monoisotopic (exact) mass is 431 g/mol. The summed E-state index contributed by atoms with van der Waals surface area (Å²) in [5, 5.41) is 10.0. The number of aromatic nitrogens is 3. The van der Waals surface area contributed by atoms with Gasteiger partial charge in [0.25, 0.3) is 0 Å². The van der Waals surface area contributed by atoms with Crippen LogP contribution >= 0.6 is 11.6 Å². The molecule has 0 amide bonds. The summed E-state index contributed by atoms with van der Waals surface area (Å²) < 4.78 is 20.4. The first-order valence-corrected chi connectivity index (χ1v) is 11.5. The predicted molar refractivity (Wildman–Crippen MR) is 114 cm³/mol. The highest BCUT2D eigenvalue weighted by molar-refractivity contribution is 6.30. The van der Waals surface area contributed by atoms with Crippen molar-refractivity contribution in [2.24, 2.45) is 0 Å². The summed E-state index contributed by atoms with van der Waals surface area (Å²) in [4.78, 5) is 0. The molecule has 2 aromatic rings. The van der Waals surface area contributed by atoms with Crippen LogP contribution < -0.4 is 0 Å². The molecule has 1 aromatic heterocycles. The van der Waals surface area contributed by atoms with Crippen LogP contribution in [-0.4, -0.2) is 46.5 Å². The van der Waals surface area contributed by atoms with Crippen LogP contribution in [0.4, 0.5) is 0 Å². The van der Waals surface area contributed by atoms with E-state index in [4.69, 9.17) is 25.8 Å². The number of hydrogen-bond donors (Lipinski definition) is 0. The normalized spacial score (nSPS) is 27.6. The van der Waals surface area contributed by atoms with Crippen LogP contribution in [-0.2, 0) is 27.1 Å². The standard InChI is InChI=1S/C23H30ClN3O3/c1-3-8-22(28-2)9-6-16(7-10-22)21-26-25-20-15-23(29-11-12-30-23)14-17-13-18(24)4-5-19(17)27(20)21/h4-5,13,16H,3,6-12,14-15H2,1-2H3. The number of nitrogens with zero attached hydrogens (tertiary/aromatic N) is 3. The Bertz CT molecular complexity index is 914. The lowest BCUT2D eigenvalue weighted by Gasteiger charge is -2.39. The Labute approximate surface area is 182 Å². The zero-order chi connectivity index (χ0) is 20.8. The predicted octanol–water partition coefficient (Wildman–Crippen LogP) is 4.61. The van der Waals surface area contributed by atoms with Crippen LogP contribution in [0.25, 0.3) is 5.69 Å². The van der Waals surface area contributed by atoms with Crippen molar-refractivity contribution in [3.05, 3.63) is 40.4 Å². The first-order chi connectivity index (χ1) is 14.6. The van der Waals surface area contributed by atoms with Gasteiger partial charge in [0.05, 0.1) is 30.9 Å². The molecule has 0 bridgehead atoms. The van der Waals surface area contributed by atoms with Crippen LogP contribution in [0.3, 0.4) is 0 Å². The van der Waals surface area contributed by atoms with Crippen LogP contribution in [0.5, 0.6) is 0 Å². The summed E-state index contributed by atoms with van der Waals surface area (Å²) in [6.45, 7) is 3.45. The summed E-state index contributed by atoms with van der Waals surface area (Å²) in [5.74, 6) is 1.65. The first kappa shape index (κ1) is 20.4. The van der Waals surface area contributed by atoms with Crippen molar-refractivity contribution in [2.75, 3.05) is 20.3 Å². The molecule has 0 atom stereocenters. The molecular formula is C23H30ClN3O3. The van der Waals surface area contributed by atoms with Gasteiger partial charge in [0, 0.05) is 24.5 Å². The average molecular weight is 432 g/mol. The second-order valence-corrected chi connectivity index (χ2v) is 9.39. The fourth-order valence-corrected chi connectivity index (χ4v) is 5.79. The first-order valence-electron chi connectivity index (χ1n) is 11.1. The molecule has 1 saturated heterocycles. The number of halogens is 1. The highest BCUT2D eigenvalue weighted by Gasteiger charge is 2.43. The molecule has 3 heterocycles. The fraction of sp³-hybridized carbons (Fsp3) is 0.652.